The molecule has 0 radical (unpaired) electrons. The largest absolute Gasteiger partial charge is 0.459 e. The third kappa shape index (κ3) is 5.66. The number of morpholine rings is 1. The molecule has 1 fully saturated rings. The van der Waals surface area contributed by atoms with Crippen molar-refractivity contribution in [3.05, 3.63) is 82.1 Å². The molecule has 0 unspecified atom stereocenters. The summed E-state index contributed by atoms with van der Waals surface area (Å²) in [5, 5.41) is 9.87. The Bertz CT molecular complexity index is 907. The second kappa shape index (κ2) is 10.3. The Balaban J connectivity index is 1.49. The van der Waals surface area contributed by atoms with E-state index in [2.05, 4.69) is 0 Å². The average Bonchev–Trinajstić information content (AvgIpc) is 2.83. The van der Waals surface area contributed by atoms with Crippen LogP contribution in [0.5, 0.6) is 0 Å². The number of hydrogen-bond acceptors (Lipinski definition) is 5. The molecule has 1 amide bonds. The Morgan fingerprint density at radius 1 is 1.06 bits per heavy atom. The fraction of sp³-hybridized carbons (Fsp3) is 0.375. The van der Waals surface area contributed by atoms with Crippen LogP contribution in [0.15, 0.2) is 60.4 Å². The summed E-state index contributed by atoms with van der Waals surface area (Å²) in [6, 6.07) is 15.2. The molecule has 4 rings (SSSR count). The average molecular weight is 444 g/mol. The van der Waals surface area contributed by atoms with Gasteiger partial charge >= 0.3 is 0 Å². The van der Waals surface area contributed by atoms with Crippen LogP contribution in [-0.4, -0.2) is 48.5 Å². The number of carbonyl (C=O) groups is 1. The second-order valence-corrected chi connectivity index (χ2v) is 8.10. The summed E-state index contributed by atoms with van der Waals surface area (Å²) in [5.74, 6) is 0.157. The van der Waals surface area contributed by atoms with E-state index in [4.69, 9.17) is 25.8 Å². The molecule has 2 aromatic rings. The van der Waals surface area contributed by atoms with Gasteiger partial charge in [-0.1, -0.05) is 48.0 Å². The van der Waals surface area contributed by atoms with Crippen molar-refractivity contribution in [1.29, 1.82) is 0 Å². The number of ether oxygens (including phenoxy) is 3. The molecule has 2 atom stereocenters. The normalized spacial score (nSPS) is 21.4. The molecule has 1 saturated heterocycles. The second-order valence-electron chi connectivity index (χ2n) is 7.66. The lowest BCUT2D eigenvalue weighted by Crippen LogP contribution is -2.43. The number of halogens is 1. The first kappa shape index (κ1) is 21.8. The van der Waals surface area contributed by atoms with Crippen molar-refractivity contribution in [2.24, 2.45) is 0 Å². The molecule has 0 bridgehead atoms. The number of hydrogen-bond donors (Lipinski definition) is 1. The Morgan fingerprint density at radius 2 is 1.74 bits per heavy atom. The maximum absolute atomic E-state index is 13.1. The van der Waals surface area contributed by atoms with E-state index in [9.17, 15) is 9.90 Å². The van der Waals surface area contributed by atoms with E-state index in [1.807, 2.05) is 54.6 Å². The number of aliphatic hydroxyl groups is 1. The van der Waals surface area contributed by atoms with Gasteiger partial charge in [-0.25, -0.2) is 0 Å². The lowest BCUT2D eigenvalue weighted by atomic mass is 9.93. The highest BCUT2D eigenvalue weighted by Gasteiger charge is 2.31. The molecule has 31 heavy (non-hydrogen) atoms. The van der Waals surface area contributed by atoms with Crippen molar-refractivity contribution in [3.63, 3.8) is 0 Å². The topological polar surface area (TPSA) is 68.2 Å². The Morgan fingerprint density at radius 3 is 2.42 bits per heavy atom. The van der Waals surface area contributed by atoms with Gasteiger partial charge in [0, 0.05) is 30.5 Å². The minimum Gasteiger partial charge on any atom is -0.459 e. The molecule has 164 valence electrons. The highest BCUT2D eigenvalue weighted by molar-refractivity contribution is 6.30. The summed E-state index contributed by atoms with van der Waals surface area (Å²) in [6.45, 7) is 2.52. The summed E-state index contributed by atoms with van der Waals surface area (Å²) in [4.78, 5) is 14.8. The third-order valence-electron chi connectivity index (χ3n) is 5.51. The minimum atomic E-state index is -0.553. The van der Waals surface area contributed by atoms with E-state index < -0.39 is 6.29 Å². The molecule has 0 aromatic heterocycles. The van der Waals surface area contributed by atoms with Crippen LogP contribution < -0.4 is 0 Å². The Hall–Kier alpha value is -2.38. The molecule has 2 aromatic carbocycles. The Labute approximate surface area is 187 Å². The van der Waals surface area contributed by atoms with E-state index in [0.29, 0.717) is 50.1 Å². The van der Waals surface area contributed by atoms with Gasteiger partial charge < -0.3 is 24.2 Å². The van der Waals surface area contributed by atoms with Crippen molar-refractivity contribution >= 4 is 17.5 Å². The lowest BCUT2D eigenvalue weighted by Gasteiger charge is -2.33. The van der Waals surface area contributed by atoms with Gasteiger partial charge in [-0.15, -0.1) is 0 Å². The first-order chi connectivity index (χ1) is 15.1. The molecule has 2 aliphatic heterocycles. The van der Waals surface area contributed by atoms with Gasteiger partial charge in [-0.05, 0) is 34.9 Å². The van der Waals surface area contributed by atoms with E-state index in [1.54, 1.807) is 4.90 Å². The molecule has 2 aliphatic rings. The number of rotatable bonds is 6. The van der Waals surface area contributed by atoms with Crippen LogP contribution in [0, 0.1) is 0 Å². The van der Waals surface area contributed by atoms with Crippen molar-refractivity contribution in [1.82, 2.24) is 4.90 Å². The molecular weight excluding hydrogens is 418 g/mol. The molecule has 7 heteroatoms. The maximum atomic E-state index is 13.1. The summed E-state index contributed by atoms with van der Waals surface area (Å²) in [7, 11) is 0. The predicted molar refractivity (Wildman–Crippen MR) is 116 cm³/mol. The number of benzene rings is 2. The zero-order valence-corrected chi connectivity index (χ0v) is 18.0. The first-order valence-electron chi connectivity index (χ1n) is 10.4. The van der Waals surface area contributed by atoms with Crippen LogP contribution >= 0.6 is 11.6 Å². The van der Waals surface area contributed by atoms with Crippen molar-refractivity contribution in [3.8, 4) is 0 Å². The number of carbonyl (C=O) groups excluding carboxylic acids is 1. The predicted octanol–water partition coefficient (Wildman–Crippen LogP) is 3.62. The molecule has 0 aliphatic carbocycles. The zero-order chi connectivity index (χ0) is 21.6. The maximum Gasteiger partial charge on any atom is 0.288 e. The third-order valence-corrected chi connectivity index (χ3v) is 5.76. The lowest BCUT2D eigenvalue weighted by molar-refractivity contribution is -0.158. The van der Waals surface area contributed by atoms with Crippen molar-refractivity contribution in [2.45, 2.75) is 31.8 Å². The summed E-state index contributed by atoms with van der Waals surface area (Å²) < 4.78 is 17.4. The minimum absolute atomic E-state index is 0.00739. The van der Waals surface area contributed by atoms with Gasteiger partial charge in [0.2, 0.25) is 6.29 Å². The number of amides is 1. The van der Waals surface area contributed by atoms with E-state index >= 15 is 0 Å². The van der Waals surface area contributed by atoms with Crippen LogP contribution in [0.2, 0.25) is 5.02 Å². The molecule has 1 N–H and O–H groups in total. The fourth-order valence-electron chi connectivity index (χ4n) is 3.71. The van der Waals surface area contributed by atoms with E-state index in [-0.39, 0.29) is 18.4 Å². The SMILES string of the molecule is O=C(C1=C[C@H](c2ccc(Cl)cc2)C[C@H](OCc2ccc(CO)cc2)O1)N1CCOCC1. The molecule has 6 nitrogen and oxygen atoms in total. The zero-order valence-electron chi connectivity index (χ0n) is 17.2. The Kier molecular flexibility index (Phi) is 7.25. The van der Waals surface area contributed by atoms with Crippen LogP contribution in [0.25, 0.3) is 0 Å². The quantitative estimate of drug-likeness (QED) is 0.738. The highest BCUT2D eigenvalue weighted by Crippen LogP contribution is 2.33. The van der Waals surface area contributed by atoms with Gasteiger partial charge in [0.1, 0.15) is 0 Å². The van der Waals surface area contributed by atoms with Gasteiger partial charge in [0.05, 0.1) is 26.4 Å². The smallest absolute Gasteiger partial charge is 0.288 e. The fourth-order valence-corrected chi connectivity index (χ4v) is 3.83. The van der Waals surface area contributed by atoms with Gasteiger partial charge in [0.25, 0.3) is 5.91 Å². The number of allylic oxidation sites excluding steroid dienone is 1. The summed E-state index contributed by atoms with van der Waals surface area (Å²) >= 11 is 6.05. The van der Waals surface area contributed by atoms with E-state index in [0.717, 1.165) is 16.7 Å². The molecule has 0 spiro atoms. The van der Waals surface area contributed by atoms with Crippen LogP contribution in [0.1, 0.15) is 29.0 Å². The standard InChI is InChI=1S/C24H26ClNO5/c25-21-7-5-19(6-8-21)20-13-22(24(28)26-9-11-29-12-10-26)31-23(14-20)30-16-18-3-1-17(15-27)2-4-18/h1-8,13,20,23,27H,9-12,14-16H2/t20-,23+/m0/s1. The summed E-state index contributed by atoms with van der Waals surface area (Å²) in [6.07, 6.45) is 1.93. The van der Waals surface area contributed by atoms with Crippen LogP contribution in [0.4, 0.5) is 0 Å². The number of aliphatic hydroxyl groups excluding tert-OH is 1. The van der Waals surface area contributed by atoms with Crippen molar-refractivity contribution < 1.29 is 24.1 Å². The van der Waals surface area contributed by atoms with Crippen molar-refractivity contribution in [2.75, 3.05) is 26.3 Å². The molecular formula is C24H26ClNO5. The summed E-state index contributed by atoms with van der Waals surface area (Å²) in [5.41, 5.74) is 2.88. The highest BCUT2D eigenvalue weighted by atomic mass is 35.5. The van der Waals surface area contributed by atoms with Gasteiger partial charge in [-0.2, -0.15) is 0 Å². The van der Waals surface area contributed by atoms with E-state index in [1.165, 1.54) is 0 Å². The number of nitrogens with zero attached hydrogens (tertiary/aromatic N) is 1. The van der Waals surface area contributed by atoms with Crippen LogP contribution in [0.3, 0.4) is 0 Å². The molecule has 2 heterocycles. The van der Waals surface area contributed by atoms with Gasteiger partial charge in [-0.3, -0.25) is 4.79 Å². The van der Waals surface area contributed by atoms with Crippen LogP contribution in [-0.2, 0) is 32.2 Å². The molecule has 0 saturated carbocycles. The monoisotopic (exact) mass is 443 g/mol. The van der Waals surface area contributed by atoms with Gasteiger partial charge in [0.15, 0.2) is 5.76 Å². The first-order valence-corrected chi connectivity index (χ1v) is 10.8.